The lowest BCUT2D eigenvalue weighted by molar-refractivity contribution is 0.181. The summed E-state index contributed by atoms with van der Waals surface area (Å²) in [5, 5.41) is 4.70. The van der Waals surface area contributed by atoms with Crippen molar-refractivity contribution in [1.29, 1.82) is 0 Å². The maximum atomic E-state index is 14.6. The van der Waals surface area contributed by atoms with E-state index in [1.807, 2.05) is 26.0 Å². The summed E-state index contributed by atoms with van der Waals surface area (Å²) in [6, 6.07) is 8.71. The molecule has 0 aliphatic heterocycles. The number of ether oxygens (including phenoxy) is 2. The number of methoxy groups -OCH3 is 2. The Morgan fingerprint density at radius 2 is 2.00 bits per heavy atom. The van der Waals surface area contributed by atoms with Crippen LogP contribution in [0, 0.1) is 32.0 Å². The number of aryl methyl sites for hydroxylation is 2. The molecule has 0 amide bonds. The zero-order chi connectivity index (χ0) is 24.8. The summed E-state index contributed by atoms with van der Waals surface area (Å²) in [6.07, 6.45) is 7.68. The van der Waals surface area contributed by atoms with E-state index in [1.165, 1.54) is 11.3 Å². The molecular formula is C27H30ClFN2O2S. The molecule has 0 saturated carbocycles. The third kappa shape index (κ3) is 5.72. The van der Waals surface area contributed by atoms with Gasteiger partial charge in [0.1, 0.15) is 11.6 Å². The summed E-state index contributed by atoms with van der Waals surface area (Å²) >= 11 is 8.06. The monoisotopic (exact) mass is 500 g/mol. The topological polar surface area (TPSA) is 43.4 Å². The molecule has 1 heterocycles. The van der Waals surface area contributed by atoms with E-state index in [-0.39, 0.29) is 24.4 Å². The molecule has 4 nitrogen and oxygen atoms in total. The van der Waals surface area contributed by atoms with Gasteiger partial charge in [-0.25, -0.2) is 9.37 Å². The fraction of sp³-hybridized carbons (Fsp3) is 0.370. The maximum Gasteiger partial charge on any atom is 0.184 e. The molecule has 3 aromatic rings. The maximum absolute atomic E-state index is 14.6. The number of terminal acetylenes is 1. The zero-order valence-corrected chi connectivity index (χ0v) is 21.7. The predicted molar refractivity (Wildman–Crippen MR) is 140 cm³/mol. The number of rotatable bonds is 10. The summed E-state index contributed by atoms with van der Waals surface area (Å²) in [7, 11) is 3.17. The summed E-state index contributed by atoms with van der Waals surface area (Å²) < 4.78 is 25.1. The van der Waals surface area contributed by atoms with E-state index in [0.29, 0.717) is 15.7 Å². The summed E-state index contributed by atoms with van der Waals surface area (Å²) in [5.41, 5.74) is 4.02. The predicted octanol–water partition coefficient (Wildman–Crippen LogP) is 7.37. The van der Waals surface area contributed by atoms with Gasteiger partial charge in [0.25, 0.3) is 0 Å². The molecule has 2 atom stereocenters. The molecule has 7 heteroatoms. The molecule has 0 saturated heterocycles. The third-order valence-electron chi connectivity index (χ3n) is 5.80. The average molecular weight is 501 g/mol. The Bertz CT molecular complexity index is 1190. The lowest BCUT2D eigenvalue weighted by Crippen LogP contribution is -2.26. The fourth-order valence-corrected chi connectivity index (χ4v) is 5.18. The SMILES string of the molecule is C#CC(Nc1nc(-c2cc(C)c(OC)cc2Cl)c(C)s1)[C@@H](CCC)c1ccc(COC)c(F)c1. The van der Waals surface area contributed by atoms with Gasteiger partial charge >= 0.3 is 0 Å². The number of halogens is 2. The molecule has 3 rings (SSSR count). The van der Waals surface area contributed by atoms with E-state index in [0.717, 1.165) is 45.9 Å². The summed E-state index contributed by atoms with van der Waals surface area (Å²) in [6.45, 7) is 6.30. The van der Waals surface area contributed by atoms with E-state index in [1.54, 1.807) is 32.4 Å². The van der Waals surface area contributed by atoms with Crippen LogP contribution in [-0.4, -0.2) is 25.2 Å². The van der Waals surface area contributed by atoms with Crippen LogP contribution < -0.4 is 10.1 Å². The van der Waals surface area contributed by atoms with Crippen molar-refractivity contribution in [2.24, 2.45) is 0 Å². The van der Waals surface area contributed by atoms with Crippen molar-refractivity contribution >= 4 is 28.1 Å². The highest BCUT2D eigenvalue weighted by Gasteiger charge is 2.24. The van der Waals surface area contributed by atoms with Gasteiger partial charge in [-0.1, -0.05) is 43.0 Å². The van der Waals surface area contributed by atoms with Crippen molar-refractivity contribution in [1.82, 2.24) is 4.98 Å². The number of thiazole rings is 1. The highest BCUT2D eigenvalue weighted by Crippen LogP contribution is 2.39. The Kier molecular flexibility index (Phi) is 8.96. The molecule has 0 aliphatic rings. The fourth-order valence-electron chi connectivity index (χ4n) is 4.07. The number of nitrogens with zero attached hydrogens (tertiary/aromatic N) is 1. The second-order valence-corrected chi connectivity index (χ2v) is 9.80. The smallest absolute Gasteiger partial charge is 0.184 e. The van der Waals surface area contributed by atoms with Gasteiger partial charge in [-0.2, -0.15) is 0 Å². The Morgan fingerprint density at radius 3 is 2.62 bits per heavy atom. The first-order valence-corrected chi connectivity index (χ1v) is 12.3. The normalized spacial score (nSPS) is 12.8. The number of aromatic nitrogens is 1. The molecule has 0 spiro atoms. The van der Waals surface area contributed by atoms with Gasteiger partial charge in [-0.3, -0.25) is 0 Å². The van der Waals surface area contributed by atoms with Crippen molar-refractivity contribution in [2.75, 3.05) is 19.5 Å². The van der Waals surface area contributed by atoms with Gasteiger partial charge < -0.3 is 14.8 Å². The van der Waals surface area contributed by atoms with Crippen molar-refractivity contribution in [2.45, 2.75) is 52.2 Å². The van der Waals surface area contributed by atoms with Crippen molar-refractivity contribution < 1.29 is 13.9 Å². The van der Waals surface area contributed by atoms with E-state index < -0.39 is 0 Å². The molecule has 2 aromatic carbocycles. The van der Waals surface area contributed by atoms with Gasteiger partial charge in [-0.15, -0.1) is 17.8 Å². The average Bonchev–Trinajstić information content (AvgIpc) is 3.18. The van der Waals surface area contributed by atoms with Gasteiger partial charge in [-0.05, 0) is 49.6 Å². The molecule has 0 radical (unpaired) electrons. The Balaban J connectivity index is 1.91. The molecule has 0 aliphatic carbocycles. The molecule has 1 unspecified atom stereocenters. The zero-order valence-electron chi connectivity index (χ0n) is 20.2. The van der Waals surface area contributed by atoms with Gasteiger partial charge in [0.2, 0.25) is 0 Å². The number of nitrogens with one attached hydrogen (secondary N) is 1. The highest BCUT2D eigenvalue weighted by atomic mass is 35.5. The minimum absolute atomic E-state index is 0.0689. The molecule has 180 valence electrons. The number of hydrogen-bond acceptors (Lipinski definition) is 5. The second kappa shape index (κ2) is 11.7. The van der Waals surface area contributed by atoms with Crippen LogP contribution in [0.25, 0.3) is 11.3 Å². The first kappa shape index (κ1) is 26.0. The van der Waals surface area contributed by atoms with Crippen molar-refractivity contribution in [3.8, 4) is 29.4 Å². The lowest BCUT2D eigenvalue weighted by atomic mass is 9.87. The van der Waals surface area contributed by atoms with E-state index in [9.17, 15) is 4.39 Å². The van der Waals surface area contributed by atoms with E-state index >= 15 is 0 Å². The van der Waals surface area contributed by atoms with E-state index in [4.69, 9.17) is 32.5 Å². The lowest BCUT2D eigenvalue weighted by Gasteiger charge is -2.24. The van der Waals surface area contributed by atoms with Crippen LogP contribution in [0.4, 0.5) is 9.52 Å². The van der Waals surface area contributed by atoms with Crippen LogP contribution >= 0.6 is 22.9 Å². The van der Waals surface area contributed by atoms with Crippen LogP contribution in [0.3, 0.4) is 0 Å². The third-order valence-corrected chi connectivity index (χ3v) is 7.02. The van der Waals surface area contributed by atoms with E-state index in [2.05, 4.69) is 18.2 Å². The van der Waals surface area contributed by atoms with Gasteiger partial charge in [0.15, 0.2) is 5.13 Å². The minimum atomic E-state index is -0.348. The van der Waals surface area contributed by atoms with Crippen LogP contribution in [-0.2, 0) is 11.3 Å². The summed E-state index contributed by atoms with van der Waals surface area (Å²) in [4.78, 5) is 5.83. The van der Waals surface area contributed by atoms with Crippen LogP contribution in [0.2, 0.25) is 5.02 Å². The summed E-state index contributed by atoms with van der Waals surface area (Å²) in [5.74, 6) is 3.24. The Morgan fingerprint density at radius 1 is 1.24 bits per heavy atom. The molecule has 1 N–H and O–H groups in total. The Hall–Kier alpha value is -2.59. The van der Waals surface area contributed by atoms with Crippen molar-refractivity contribution in [3.05, 3.63) is 62.7 Å². The van der Waals surface area contributed by atoms with Crippen LogP contribution in [0.1, 0.15) is 47.3 Å². The largest absolute Gasteiger partial charge is 0.496 e. The minimum Gasteiger partial charge on any atom is -0.496 e. The van der Waals surface area contributed by atoms with Gasteiger partial charge in [0, 0.05) is 29.0 Å². The van der Waals surface area contributed by atoms with Gasteiger partial charge in [0.05, 0.1) is 30.5 Å². The standard InChI is InChI=1S/C27H30ClFN2O2S/c1-7-9-20(18-10-11-19(15-32-5)23(29)13-18)24(8-2)30-27-31-26(17(4)34-27)21-12-16(3)25(33-6)14-22(21)28/h2,10-14,20,24H,7,9,15H2,1,3-6H3,(H,30,31)/t20-,24?/m0/s1. The molecule has 0 fully saturated rings. The number of benzene rings is 2. The van der Waals surface area contributed by atoms with Crippen LogP contribution in [0.5, 0.6) is 5.75 Å². The first-order valence-electron chi connectivity index (χ1n) is 11.1. The number of hydrogen-bond donors (Lipinski definition) is 1. The number of anilines is 1. The first-order chi connectivity index (χ1) is 16.3. The Labute approximate surface area is 210 Å². The van der Waals surface area contributed by atoms with Crippen LogP contribution in [0.15, 0.2) is 30.3 Å². The molecule has 34 heavy (non-hydrogen) atoms. The molecule has 0 bridgehead atoms. The molecular weight excluding hydrogens is 471 g/mol. The quantitative estimate of drug-likeness (QED) is 0.295. The second-order valence-electron chi connectivity index (χ2n) is 8.19. The molecule has 1 aromatic heterocycles. The highest BCUT2D eigenvalue weighted by molar-refractivity contribution is 7.16. The van der Waals surface area contributed by atoms with Crippen molar-refractivity contribution in [3.63, 3.8) is 0 Å².